The summed E-state index contributed by atoms with van der Waals surface area (Å²) >= 11 is 0. The highest BCUT2D eigenvalue weighted by Crippen LogP contribution is 2.17. The summed E-state index contributed by atoms with van der Waals surface area (Å²) in [5.41, 5.74) is 3.76. The topological polar surface area (TPSA) is 97.7 Å². The van der Waals surface area contributed by atoms with Gasteiger partial charge in [-0.05, 0) is 18.4 Å². The number of nitriles is 1. The lowest BCUT2D eigenvalue weighted by Crippen LogP contribution is -2.62. The SMILES string of the molecule is N#CC(NC(=O)[C@@H]1CCCNN1C(=O)N1CCOCC1)c1ccccc1. The molecule has 0 radical (unpaired) electrons. The number of morpholine rings is 1. The molecule has 2 saturated heterocycles. The molecule has 2 fully saturated rings. The molecule has 2 N–H and O–H groups in total. The molecule has 138 valence electrons. The minimum Gasteiger partial charge on any atom is -0.378 e. The van der Waals surface area contributed by atoms with Crippen molar-refractivity contribution in [1.82, 2.24) is 20.7 Å². The van der Waals surface area contributed by atoms with Crippen LogP contribution in [0.25, 0.3) is 0 Å². The second kappa shape index (κ2) is 8.65. The molecule has 1 aromatic rings. The summed E-state index contributed by atoms with van der Waals surface area (Å²) in [6.45, 7) is 2.66. The Morgan fingerprint density at radius 2 is 2.00 bits per heavy atom. The molecule has 3 rings (SSSR count). The number of carbonyl (C=O) groups excluding carboxylic acids is 2. The largest absolute Gasteiger partial charge is 0.378 e. The standard InChI is InChI=1S/C18H23N5O3/c19-13-15(14-5-2-1-3-6-14)21-17(24)16-7-4-8-20-23(16)18(25)22-9-11-26-12-10-22/h1-3,5-6,15-16,20H,4,7-12H2,(H,21,24)/t15?,16-/m0/s1. The monoisotopic (exact) mass is 357 g/mol. The van der Waals surface area contributed by atoms with Gasteiger partial charge in [-0.1, -0.05) is 30.3 Å². The van der Waals surface area contributed by atoms with E-state index < -0.39 is 12.1 Å². The summed E-state index contributed by atoms with van der Waals surface area (Å²) in [5, 5.41) is 13.6. The van der Waals surface area contributed by atoms with E-state index in [1.807, 2.05) is 18.2 Å². The van der Waals surface area contributed by atoms with Gasteiger partial charge in [-0.2, -0.15) is 5.26 Å². The summed E-state index contributed by atoms with van der Waals surface area (Å²) in [6.07, 6.45) is 1.34. The third-order valence-corrected chi connectivity index (χ3v) is 4.59. The van der Waals surface area contributed by atoms with Crippen LogP contribution in [-0.2, 0) is 9.53 Å². The molecule has 0 saturated carbocycles. The van der Waals surface area contributed by atoms with Crippen molar-refractivity contribution in [3.05, 3.63) is 35.9 Å². The number of urea groups is 1. The summed E-state index contributed by atoms with van der Waals surface area (Å²) in [4.78, 5) is 27.3. The number of rotatable bonds is 3. The van der Waals surface area contributed by atoms with Crippen molar-refractivity contribution in [3.8, 4) is 6.07 Å². The quantitative estimate of drug-likeness (QED) is 0.833. The van der Waals surface area contributed by atoms with E-state index >= 15 is 0 Å². The second-order valence-corrected chi connectivity index (χ2v) is 6.30. The molecule has 2 atom stereocenters. The predicted molar refractivity (Wildman–Crippen MR) is 93.6 cm³/mol. The van der Waals surface area contributed by atoms with Gasteiger partial charge in [-0.25, -0.2) is 15.2 Å². The van der Waals surface area contributed by atoms with Crippen LogP contribution in [0.1, 0.15) is 24.4 Å². The number of nitrogens with zero attached hydrogens (tertiary/aromatic N) is 3. The first kappa shape index (κ1) is 18.2. The van der Waals surface area contributed by atoms with Crippen LogP contribution in [0.15, 0.2) is 30.3 Å². The Labute approximate surface area is 152 Å². The minimum atomic E-state index is -0.744. The van der Waals surface area contributed by atoms with Crippen LogP contribution >= 0.6 is 0 Å². The number of benzene rings is 1. The molecular weight excluding hydrogens is 334 g/mol. The zero-order valence-electron chi connectivity index (χ0n) is 14.6. The molecule has 8 heteroatoms. The van der Waals surface area contributed by atoms with Crippen LogP contribution in [0, 0.1) is 11.3 Å². The van der Waals surface area contributed by atoms with E-state index in [0.717, 1.165) is 12.0 Å². The van der Waals surface area contributed by atoms with Gasteiger partial charge in [0.15, 0.2) is 0 Å². The summed E-state index contributed by atoms with van der Waals surface area (Å²) in [6, 6.07) is 9.60. The number of hydrogen-bond donors (Lipinski definition) is 2. The van der Waals surface area contributed by atoms with Crippen molar-refractivity contribution in [2.24, 2.45) is 0 Å². The smallest absolute Gasteiger partial charge is 0.335 e. The highest BCUT2D eigenvalue weighted by atomic mass is 16.5. The first-order valence-corrected chi connectivity index (χ1v) is 8.85. The van der Waals surface area contributed by atoms with Crippen LogP contribution in [0.4, 0.5) is 4.79 Å². The number of hydrogen-bond acceptors (Lipinski definition) is 5. The van der Waals surface area contributed by atoms with Crippen molar-refractivity contribution in [3.63, 3.8) is 0 Å². The molecule has 0 spiro atoms. The van der Waals surface area contributed by atoms with Gasteiger partial charge in [0, 0.05) is 19.6 Å². The molecule has 8 nitrogen and oxygen atoms in total. The fraction of sp³-hybridized carbons (Fsp3) is 0.500. The molecule has 1 unspecified atom stereocenters. The Balaban J connectivity index is 1.69. The van der Waals surface area contributed by atoms with Crippen molar-refractivity contribution < 1.29 is 14.3 Å². The fourth-order valence-corrected chi connectivity index (χ4v) is 3.16. The molecule has 0 aliphatic carbocycles. The Kier molecular flexibility index (Phi) is 6.04. The van der Waals surface area contributed by atoms with E-state index in [1.165, 1.54) is 5.01 Å². The number of nitrogens with one attached hydrogen (secondary N) is 2. The Hall–Kier alpha value is -2.63. The number of amides is 3. The van der Waals surface area contributed by atoms with Crippen molar-refractivity contribution in [2.45, 2.75) is 24.9 Å². The molecule has 2 aliphatic rings. The Morgan fingerprint density at radius 3 is 2.69 bits per heavy atom. The summed E-state index contributed by atoms with van der Waals surface area (Å²) < 4.78 is 5.28. The van der Waals surface area contributed by atoms with Crippen LogP contribution in [0.3, 0.4) is 0 Å². The average Bonchev–Trinajstić information content (AvgIpc) is 2.72. The predicted octanol–water partition coefficient (Wildman–Crippen LogP) is 0.789. The molecule has 1 aromatic carbocycles. The fourth-order valence-electron chi connectivity index (χ4n) is 3.16. The van der Waals surface area contributed by atoms with E-state index in [-0.39, 0.29) is 11.9 Å². The van der Waals surface area contributed by atoms with Gasteiger partial charge in [0.05, 0.1) is 19.3 Å². The van der Waals surface area contributed by atoms with E-state index in [2.05, 4.69) is 16.8 Å². The number of ether oxygens (including phenoxy) is 1. The van der Waals surface area contributed by atoms with Gasteiger partial charge >= 0.3 is 6.03 Å². The van der Waals surface area contributed by atoms with Crippen molar-refractivity contribution >= 4 is 11.9 Å². The molecule has 0 aromatic heterocycles. The van der Waals surface area contributed by atoms with E-state index in [0.29, 0.717) is 39.3 Å². The average molecular weight is 357 g/mol. The Morgan fingerprint density at radius 1 is 1.27 bits per heavy atom. The van der Waals surface area contributed by atoms with E-state index in [9.17, 15) is 14.9 Å². The van der Waals surface area contributed by atoms with Crippen LogP contribution < -0.4 is 10.7 Å². The van der Waals surface area contributed by atoms with Crippen molar-refractivity contribution in [2.75, 3.05) is 32.8 Å². The zero-order valence-corrected chi connectivity index (χ0v) is 14.6. The normalized spacial score (nSPS) is 21.6. The maximum absolute atomic E-state index is 12.8. The molecule has 3 amide bonds. The summed E-state index contributed by atoms with van der Waals surface area (Å²) in [7, 11) is 0. The maximum Gasteiger partial charge on any atom is 0.335 e. The lowest BCUT2D eigenvalue weighted by atomic mass is 10.1. The first-order chi connectivity index (χ1) is 12.7. The zero-order chi connectivity index (χ0) is 18.4. The summed E-state index contributed by atoms with van der Waals surface area (Å²) in [5.74, 6) is -0.325. The molecule has 2 heterocycles. The maximum atomic E-state index is 12.8. The Bertz CT molecular complexity index is 669. The van der Waals surface area contributed by atoms with Gasteiger partial charge in [0.1, 0.15) is 12.1 Å². The van der Waals surface area contributed by atoms with Crippen LogP contribution in [0.5, 0.6) is 0 Å². The van der Waals surface area contributed by atoms with E-state index in [1.54, 1.807) is 17.0 Å². The molecule has 0 bridgehead atoms. The van der Waals surface area contributed by atoms with Gasteiger partial charge in [-0.15, -0.1) is 0 Å². The lowest BCUT2D eigenvalue weighted by molar-refractivity contribution is -0.128. The van der Waals surface area contributed by atoms with Crippen molar-refractivity contribution in [1.29, 1.82) is 5.26 Å². The third kappa shape index (κ3) is 4.12. The van der Waals surface area contributed by atoms with Crippen LogP contribution in [-0.4, -0.2) is 60.7 Å². The van der Waals surface area contributed by atoms with E-state index in [4.69, 9.17) is 4.74 Å². The number of carbonyl (C=O) groups is 2. The molecule has 26 heavy (non-hydrogen) atoms. The lowest BCUT2D eigenvalue weighted by Gasteiger charge is -2.39. The van der Waals surface area contributed by atoms with Gasteiger partial charge < -0.3 is 15.0 Å². The second-order valence-electron chi connectivity index (χ2n) is 6.30. The van der Waals surface area contributed by atoms with Gasteiger partial charge in [-0.3, -0.25) is 4.79 Å². The van der Waals surface area contributed by atoms with Crippen LogP contribution in [0.2, 0.25) is 0 Å². The highest BCUT2D eigenvalue weighted by Gasteiger charge is 2.36. The third-order valence-electron chi connectivity index (χ3n) is 4.59. The molecular formula is C18H23N5O3. The minimum absolute atomic E-state index is 0.221. The highest BCUT2D eigenvalue weighted by molar-refractivity contribution is 5.87. The van der Waals surface area contributed by atoms with Gasteiger partial charge in [0.2, 0.25) is 5.91 Å². The number of hydrazine groups is 1. The van der Waals surface area contributed by atoms with Gasteiger partial charge in [0.25, 0.3) is 0 Å². The molecule has 2 aliphatic heterocycles. The first-order valence-electron chi connectivity index (χ1n) is 8.85.